The Bertz CT molecular complexity index is 1370. The summed E-state index contributed by atoms with van der Waals surface area (Å²) in [6.07, 6.45) is 1.73. The van der Waals surface area contributed by atoms with Crippen LogP contribution >= 0.6 is 0 Å². The third-order valence-electron chi connectivity index (χ3n) is 6.14. The van der Waals surface area contributed by atoms with Crippen molar-refractivity contribution in [2.24, 2.45) is 5.73 Å². The zero-order chi connectivity index (χ0) is 24.4. The van der Waals surface area contributed by atoms with Crippen molar-refractivity contribution in [3.8, 4) is 11.3 Å². The molecule has 0 aliphatic rings. The van der Waals surface area contributed by atoms with Crippen LogP contribution in [-0.2, 0) is 6.54 Å². The van der Waals surface area contributed by atoms with E-state index in [1.54, 1.807) is 25.2 Å². The number of H-pyrrole nitrogens is 1. The third-order valence-corrected chi connectivity index (χ3v) is 6.14. The first kappa shape index (κ1) is 23.3. The van der Waals surface area contributed by atoms with Gasteiger partial charge in [-0.05, 0) is 71.1 Å². The lowest BCUT2D eigenvalue weighted by molar-refractivity contribution is 0.0827. The van der Waals surface area contributed by atoms with Gasteiger partial charge in [0.25, 0.3) is 11.8 Å². The summed E-state index contributed by atoms with van der Waals surface area (Å²) in [4.78, 5) is 30.3. The minimum atomic E-state index is -0.240. The topological polar surface area (TPSA) is 91.2 Å². The van der Waals surface area contributed by atoms with Gasteiger partial charge in [0, 0.05) is 38.1 Å². The Balaban J connectivity index is 1.71. The smallest absolute Gasteiger partial charge is 0.254 e. The number of amides is 2. The molecule has 0 bridgehead atoms. The number of nitrogens with one attached hydrogen (secondary N) is 2. The zero-order valence-corrected chi connectivity index (χ0v) is 20.0. The molecule has 6 heteroatoms. The molecule has 2 amide bonds. The van der Waals surface area contributed by atoms with Gasteiger partial charge in [-0.1, -0.05) is 36.4 Å². The number of fused-ring (bicyclic) bond motifs is 1. The maximum atomic E-state index is 13.2. The molecule has 1 aromatic heterocycles. The molecule has 0 aliphatic carbocycles. The van der Waals surface area contributed by atoms with Crippen LogP contribution in [0.5, 0.6) is 0 Å². The first-order valence-electron chi connectivity index (χ1n) is 11.3. The van der Waals surface area contributed by atoms with Gasteiger partial charge in [0.2, 0.25) is 0 Å². The molecule has 0 fully saturated rings. The van der Waals surface area contributed by atoms with Crippen molar-refractivity contribution in [1.82, 2.24) is 15.2 Å². The Morgan fingerprint density at radius 2 is 1.82 bits per heavy atom. The number of hydrogen-bond acceptors (Lipinski definition) is 3. The van der Waals surface area contributed by atoms with Crippen LogP contribution in [0.3, 0.4) is 0 Å². The number of rotatable bonds is 6. The molecule has 0 saturated heterocycles. The number of aromatic amines is 1. The van der Waals surface area contributed by atoms with Crippen molar-refractivity contribution in [2.75, 3.05) is 14.1 Å². The number of nitrogens with zero attached hydrogens (tertiary/aromatic N) is 1. The van der Waals surface area contributed by atoms with Crippen LogP contribution < -0.4 is 11.1 Å². The van der Waals surface area contributed by atoms with E-state index in [9.17, 15) is 9.59 Å². The number of benzene rings is 3. The minimum absolute atomic E-state index is 0.0563. The molecule has 0 radical (unpaired) electrons. The summed E-state index contributed by atoms with van der Waals surface area (Å²) >= 11 is 0. The fourth-order valence-corrected chi connectivity index (χ4v) is 4.19. The second-order valence-electron chi connectivity index (χ2n) is 8.84. The molecule has 1 unspecified atom stereocenters. The van der Waals surface area contributed by atoms with E-state index >= 15 is 0 Å². The van der Waals surface area contributed by atoms with Crippen LogP contribution in [0, 0.1) is 6.92 Å². The number of hydrogen-bond donors (Lipinski definition) is 3. The highest BCUT2D eigenvalue weighted by molar-refractivity contribution is 5.98. The molecule has 0 saturated carbocycles. The molecule has 34 heavy (non-hydrogen) atoms. The minimum Gasteiger partial charge on any atom is -0.360 e. The van der Waals surface area contributed by atoms with Crippen LogP contribution in [0.2, 0.25) is 0 Å². The van der Waals surface area contributed by atoms with Crippen LogP contribution in [0.15, 0.2) is 66.9 Å². The zero-order valence-electron chi connectivity index (χ0n) is 20.0. The second kappa shape index (κ2) is 9.53. The number of aryl methyl sites for hydroxylation is 1. The van der Waals surface area contributed by atoms with Crippen molar-refractivity contribution in [1.29, 1.82) is 0 Å². The maximum absolute atomic E-state index is 13.2. The van der Waals surface area contributed by atoms with Crippen molar-refractivity contribution in [3.63, 3.8) is 0 Å². The van der Waals surface area contributed by atoms with Crippen molar-refractivity contribution in [3.05, 3.63) is 94.7 Å². The van der Waals surface area contributed by atoms with Crippen LogP contribution in [0.25, 0.3) is 22.0 Å². The lowest BCUT2D eigenvalue weighted by atomic mass is 9.95. The van der Waals surface area contributed by atoms with Gasteiger partial charge < -0.3 is 20.9 Å². The number of carbonyl (C=O) groups is 2. The van der Waals surface area contributed by atoms with Gasteiger partial charge in [0.1, 0.15) is 0 Å². The Hall–Kier alpha value is -3.90. The number of aromatic nitrogens is 1. The van der Waals surface area contributed by atoms with Gasteiger partial charge in [0.05, 0.1) is 11.6 Å². The second-order valence-corrected chi connectivity index (χ2v) is 8.84. The van der Waals surface area contributed by atoms with E-state index in [4.69, 9.17) is 5.73 Å². The monoisotopic (exact) mass is 454 g/mol. The first-order valence-corrected chi connectivity index (χ1v) is 11.3. The summed E-state index contributed by atoms with van der Waals surface area (Å²) in [6.45, 7) is 4.30. The van der Waals surface area contributed by atoms with Gasteiger partial charge in [-0.25, -0.2) is 0 Å². The average molecular weight is 455 g/mol. The van der Waals surface area contributed by atoms with Crippen LogP contribution in [0.1, 0.15) is 50.4 Å². The summed E-state index contributed by atoms with van der Waals surface area (Å²) in [6, 6.07) is 19.6. The normalized spacial score (nSPS) is 11.9. The average Bonchev–Trinajstić information content (AvgIpc) is 3.33. The van der Waals surface area contributed by atoms with Crippen LogP contribution in [0.4, 0.5) is 0 Å². The lowest BCUT2D eigenvalue weighted by Gasteiger charge is -2.19. The molecule has 174 valence electrons. The van der Waals surface area contributed by atoms with Gasteiger partial charge >= 0.3 is 0 Å². The fraction of sp³-hybridized carbons (Fsp3) is 0.214. The summed E-state index contributed by atoms with van der Waals surface area (Å²) in [5, 5.41) is 5.30. The molecular formula is C28H30N4O2. The number of carbonyl (C=O) groups excluding carboxylic acids is 2. The predicted octanol–water partition coefficient (Wildman–Crippen LogP) is 4.79. The highest BCUT2D eigenvalue weighted by Gasteiger charge is 2.18. The van der Waals surface area contributed by atoms with E-state index < -0.39 is 0 Å². The Morgan fingerprint density at radius 1 is 1.06 bits per heavy atom. The molecule has 3 aromatic carbocycles. The molecule has 0 aliphatic heterocycles. The maximum Gasteiger partial charge on any atom is 0.254 e. The Morgan fingerprint density at radius 3 is 2.56 bits per heavy atom. The van der Waals surface area contributed by atoms with Crippen molar-refractivity contribution in [2.45, 2.75) is 26.4 Å². The SMILES string of the molecule is Cc1ccc(CN)cc1C(=O)NC(C)c1cc(-c2cc(C(=O)N(C)C)c[nH]2)cc2ccccc12. The van der Waals surface area contributed by atoms with Gasteiger partial charge in [0.15, 0.2) is 0 Å². The van der Waals surface area contributed by atoms with E-state index in [1.165, 1.54) is 0 Å². The van der Waals surface area contributed by atoms with E-state index in [0.717, 1.165) is 38.7 Å². The van der Waals surface area contributed by atoms with Crippen LogP contribution in [-0.4, -0.2) is 35.8 Å². The molecule has 4 N–H and O–H groups in total. The molecule has 1 heterocycles. The lowest BCUT2D eigenvalue weighted by Crippen LogP contribution is -2.27. The molecular weight excluding hydrogens is 424 g/mol. The van der Waals surface area contributed by atoms with Crippen molar-refractivity contribution >= 4 is 22.6 Å². The van der Waals surface area contributed by atoms with E-state index in [1.807, 2.05) is 50.2 Å². The molecule has 6 nitrogen and oxygen atoms in total. The first-order chi connectivity index (χ1) is 16.3. The van der Waals surface area contributed by atoms with E-state index in [2.05, 4.69) is 34.6 Å². The molecule has 4 rings (SSSR count). The standard InChI is InChI=1S/C28H30N4O2/c1-17-9-10-19(15-29)11-24(17)27(33)31-18(2)25-13-21(12-20-7-5-6-8-23(20)25)26-14-22(16-30-26)28(34)32(3)4/h5-14,16,18,30H,15,29H2,1-4H3,(H,31,33). The summed E-state index contributed by atoms with van der Waals surface area (Å²) < 4.78 is 0. The predicted molar refractivity (Wildman–Crippen MR) is 137 cm³/mol. The third kappa shape index (κ3) is 4.58. The van der Waals surface area contributed by atoms with Gasteiger partial charge in [-0.2, -0.15) is 0 Å². The largest absolute Gasteiger partial charge is 0.360 e. The fourth-order valence-electron chi connectivity index (χ4n) is 4.19. The van der Waals surface area contributed by atoms with Gasteiger partial charge in [-0.15, -0.1) is 0 Å². The summed E-state index contributed by atoms with van der Waals surface area (Å²) in [5.41, 5.74) is 11.6. The van der Waals surface area contributed by atoms with E-state index in [0.29, 0.717) is 17.7 Å². The quantitative estimate of drug-likeness (QED) is 0.391. The highest BCUT2D eigenvalue weighted by Crippen LogP contribution is 2.31. The van der Waals surface area contributed by atoms with E-state index in [-0.39, 0.29) is 17.9 Å². The molecule has 1 atom stereocenters. The Kier molecular flexibility index (Phi) is 6.52. The van der Waals surface area contributed by atoms with Gasteiger partial charge in [-0.3, -0.25) is 9.59 Å². The summed E-state index contributed by atoms with van der Waals surface area (Å²) in [5.74, 6) is -0.187. The van der Waals surface area contributed by atoms with Crippen molar-refractivity contribution < 1.29 is 9.59 Å². The molecule has 0 spiro atoms. The highest BCUT2D eigenvalue weighted by atomic mass is 16.2. The Labute approximate surface area is 199 Å². The molecule has 4 aromatic rings. The summed E-state index contributed by atoms with van der Waals surface area (Å²) in [7, 11) is 3.47. The number of nitrogens with two attached hydrogens (primary N) is 1.